The van der Waals surface area contributed by atoms with Crippen molar-refractivity contribution < 1.29 is 9.13 Å². The number of rotatable bonds is 4. The Labute approximate surface area is 123 Å². The number of nitrogens with one attached hydrogen (secondary N) is 1. The topological polar surface area (TPSA) is 21.3 Å². The summed E-state index contributed by atoms with van der Waals surface area (Å²) in [5.74, 6) is 0.773. The van der Waals surface area contributed by atoms with Crippen LogP contribution < -0.4 is 10.1 Å². The highest BCUT2D eigenvalue weighted by Crippen LogP contribution is 2.32. The molecule has 0 radical (unpaired) electrons. The van der Waals surface area contributed by atoms with E-state index in [0.717, 1.165) is 36.4 Å². The van der Waals surface area contributed by atoms with Gasteiger partial charge in [0.25, 0.3) is 0 Å². The Balaban J connectivity index is 1.64. The van der Waals surface area contributed by atoms with Crippen molar-refractivity contribution in [2.24, 2.45) is 0 Å². The molecule has 0 amide bonds. The van der Waals surface area contributed by atoms with Gasteiger partial charge in [-0.15, -0.1) is 0 Å². The predicted molar refractivity (Wildman–Crippen MR) is 80.9 cm³/mol. The van der Waals surface area contributed by atoms with Gasteiger partial charge in [0.2, 0.25) is 0 Å². The zero-order valence-corrected chi connectivity index (χ0v) is 11.9. The van der Waals surface area contributed by atoms with E-state index < -0.39 is 0 Å². The summed E-state index contributed by atoms with van der Waals surface area (Å²) in [6.07, 6.45) is 3.44. The Bertz CT molecular complexity index is 679. The summed E-state index contributed by atoms with van der Waals surface area (Å²) in [6, 6.07) is 12.0. The normalized spacial score (nSPS) is 16.6. The first-order chi connectivity index (χ1) is 10.3. The van der Waals surface area contributed by atoms with Gasteiger partial charge in [0.1, 0.15) is 11.6 Å². The molecule has 1 saturated carbocycles. The largest absolute Gasteiger partial charge is 0.493 e. The quantitative estimate of drug-likeness (QED) is 0.924. The molecule has 1 aliphatic carbocycles. The van der Waals surface area contributed by atoms with Crippen molar-refractivity contribution in [3.05, 3.63) is 53.3 Å². The molecule has 1 heterocycles. The van der Waals surface area contributed by atoms with Gasteiger partial charge in [-0.2, -0.15) is 0 Å². The maximum Gasteiger partial charge on any atom is 0.131 e. The van der Waals surface area contributed by atoms with Crippen LogP contribution in [0.3, 0.4) is 0 Å². The van der Waals surface area contributed by atoms with Crippen LogP contribution in [0.2, 0.25) is 0 Å². The molecular formula is C18H18FNO. The van der Waals surface area contributed by atoms with E-state index in [1.807, 2.05) is 24.3 Å². The fourth-order valence-electron chi connectivity index (χ4n) is 2.81. The standard InChI is InChI=1S/C18H18FNO/c19-17-5-1-12(11-20-15-3-4-15)9-16(17)13-2-6-18-14(10-13)7-8-21-18/h1-2,5-6,9-10,15,20H,3-4,7-8,11H2. The van der Waals surface area contributed by atoms with Crippen molar-refractivity contribution in [3.8, 4) is 16.9 Å². The van der Waals surface area contributed by atoms with Gasteiger partial charge in [0.15, 0.2) is 0 Å². The first kappa shape index (κ1) is 12.8. The second kappa shape index (κ2) is 5.15. The zero-order chi connectivity index (χ0) is 14.2. The molecule has 0 aromatic heterocycles. The van der Waals surface area contributed by atoms with Crippen LogP contribution in [-0.2, 0) is 13.0 Å². The highest BCUT2D eigenvalue weighted by molar-refractivity contribution is 5.67. The van der Waals surface area contributed by atoms with Crippen molar-refractivity contribution in [3.63, 3.8) is 0 Å². The lowest BCUT2D eigenvalue weighted by Gasteiger charge is -2.09. The second-order valence-electron chi connectivity index (χ2n) is 5.89. The van der Waals surface area contributed by atoms with Crippen molar-refractivity contribution in [2.45, 2.75) is 31.8 Å². The number of benzene rings is 2. The molecular weight excluding hydrogens is 265 g/mol. The Morgan fingerprint density at radius 1 is 1.14 bits per heavy atom. The molecule has 2 aromatic rings. The summed E-state index contributed by atoms with van der Waals surface area (Å²) in [6.45, 7) is 1.54. The van der Waals surface area contributed by atoms with Crippen LogP contribution in [0.15, 0.2) is 36.4 Å². The maximum atomic E-state index is 14.2. The minimum Gasteiger partial charge on any atom is -0.493 e. The van der Waals surface area contributed by atoms with E-state index in [2.05, 4.69) is 11.4 Å². The van der Waals surface area contributed by atoms with E-state index >= 15 is 0 Å². The van der Waals surface area contributed by atoms with Crippen molar-refractivity contribution in [1.29, 1.82) is 0 Å². The molecule has 0 bridgehead atoms. The first-order valence-electron chi connectivity index (χ1n) is 7.57. The van der Waals surface area contributed by atoms with Gasteiger partial charge < -0.3 is 10.1 Å². The van der Waals surface area contributed by atoms with E-state index in [0.29, 0.717) is 11.6 Å². The van der Waals surface area contributed by atoms with Gasteiger partial charge in [-0.1, -0.05) is 12.1 Å². The molecule has 1 fully saturated rings. The van der Waals surface area contributed by atoms with Crippen LogP contribution in [0.1, 0.15) is 24.0 Å². The molecule has 3 heteroatoms. The van der Waals surface area contributed by atoms with E-state index in [-0.39, 0.29) is 5.82 Å². The molecule has 4 rings (SSSR count). The van der Waals surface area contributed by atoms with Crippen LogP contribution >= 0.6 is 0 Å². The van der Waals surface area contributed by atoms with E-state index in [9.17, 15) is 4.39 Å². The summed E-state index contributed by atoms with van der Waals surface area (Å²) >= 11 is 0. The van der Waals surface area contributed by atoms with Gasteiger partial charge in [-0.05, 0) is 53.8 Å². The lowest BCUT2D eigenvalue weighted by molar-refractivity contribution is 0.357. The summed E-state index contributed by atoms with van der Waals surface area (Å²) in [4.78, 5) is 0. The molecule has 2 aromatic carbocycles. The summed E-state index contributed by atoms with van der Waals surface area (Å²) in [5.41, 5.74) is 3.92. The molecule has 1 aliphatic heterocycles. The smallest absolute Gasteiger partial charge is 0.131 e. The van der Waals surface area contributed by atoms with Crippen molar-refractivity contribution in [2.75, 3.05) is 6.61 Å². The number of ether oxygens (including phenoxy) is 1. The maximum absolute atomic E-state index is 14.2. The summed E-state index contributed by atoms with van der Waals surface area (Å²) in [7, 11) is 0. The Morgan fingerprint density at radius 3 is 2.90 bits per heavy atom. The third-order valence-electron chi connectivity index (χ3n) is 4.20. The molecule has 0 atom stereocenters. The molecule has 2 aliphatic rings. The zero-order valence-electron chi connectivity index (χ0n) is 11.9. The van der Waals surface area contributed by atoms with Crippen LogP contribution in [-0.4, -0.2) is 12.6 Å². The Hall–Kier alpha value is -1.87. The average molecular weight is 283 g/mol. The molecule has 2 nitrogen and oxygen atoms in total. The van der Waals surface area contributed by atoms with Crippen LogP contribution in [0, 0.1) is 5.82 Å². The van der Waals surface area contributed by atoms with Crippen molar-refractivity contribution >= 4 is 0 Å². The van der Waals surface area contributed by atoms with E-state index in [4.69, 9.17) is 4.74 Å². The molecule has 0 spiro atoms. The Morgan fingerprint density at radius 2 is 2.05 bits per heavy atom. The first-order valence-corrected chi connectivity index (χ1v) is 7.57. The highest BCUT2D eigenvalue weighted by Gasteiger charge is 2.20. The fraction of sp³-hybridized carbons (Fsp3) is 0.333. The predicted octanol–water partition coefficient (Wildman–Crippen LogP) is 3.68. The summed E-state index contributed by atoms with van der Waals surface area (Å²) in [5, 5.41) is 3.47. The van der Waals surface area contributed by atoms with E-state index in [1.54, 1.807) is 6.07 Å². The van der Waals surface area contributed by atoms with Gasteiger partial charge in [-0.25, -0.2) is 4.39 Å². The molecule has 0 saturated heterocycles. The van der Waals surface area contributed by atoms with Crippen LogP contribution in [0.25, 0.3) is 11.1 Å². The third-order valence-corrected chi connectivity index (χ3v) is 4.20. The lowest BCUT2D eigenvalue weighted by atomic mass is 9.99. The monoisotopic (exact) mass is 283 g/mol. The molecule has 1 N–H and O–H groups in total. The third kappa shape index (κ3) is 2.66. The number of halogens is 1. The van der Waals surface area contributed by atoms with Crippen LogP contribution in [0.5, 0.6) is 5.75 Å². The summed E-state index contributed by atoms with van der Waals surface area (Å²) < 4.78 is 19.7. The molecule has 0 unspecified atom stereocenters. The average Bonchev–Trinajstić information content (AvgIpc) is 3.21. The number of hydrogen-bond donors (Lipinski definition) is 1. The second-order valence-corrected chi connectivity index (χ2v) is 5.89. The van der Waals surface area contributed by atoms with Crippen molar-refractivity contribution in [1.82, 2.24) is 5.32 Å². The minimum absolute atomic E-state index is 0.163. The van der Waals surface area contributed by atoms with E-state index in [1.165, 1.54) is 18.4 Å². The fourth-order valence-corrected chi connectivity index (χ4v) is 2.81. The lowest BCUT2D eigenvalue weighted by Crippen LogP contribution is -2.15. The van der Waals surface area contributed by atoms with Gasteiger partial charge in [-0.3, -0.25) is 0 Å². The highest BCUT2D eigenvalue weighted by atomic mass is 19.1. The molecule has 108 valence electrons. The number of fused-ring (bicyclic) bond motifs is 1. The minimum atomic E-state index is -0.163. The van der Waals surface area contributed by atoms with Gasteiger partial charge in [0, 0.05) is 24.6 Å². The molecule has 21 heavy (non-hydrogen) atoms. The van der Waals surface area contributed by atoms with Crippen LogP contribution in [0.4, 0.5) is 4.39 Å². The number of hydrogen-bond acceptors (Lipinski definition) is 2. The van der Waals surface area contributed by atoms with Gasteiger partial charge in [0.05, 0.1) is 6.61 Å². The SMILES string of the molecule is Fc1ccc(CNC2CC2)cc1-c1ccc2c(c1)CCO2. The van der Waals surface area contributed by atoms with Gasteiger partial charge >= 0.3 is 0 Å². The Kier molecular flexibility index (Phi) is 3.15.